The molecule has 9 heteroatoms. The van der Waals surface area contributed by atoms with E-state index in [1.54, 1.807) is 4.68 Å². The van der Waals surface area contributed by atoms with E-state index in [1.165, 1.54) is 22.2 Å². The monoisotopic (exact) mass is 360 g/mol. The fraction of sp³-hybridized carbons (Fsp3) is 0.375. The van der Waals surface area contributed by atoms with E-state index in [1.807, 2.05) is 43.6 Å². The van der Waals surface area contributed by atoms with Crippen LogP contribution in [0.4, 0.5) is 0 Å². The highest BCUT2D eigenvalue weighted by atomic mass is 32.1. The van der Waals surface area contributed by atoms with Crippen LogP contribution in [0.5, 0.6) is 0 Å². The van der Waals surface area contributed by atoms with Gasteiger partial charge in [0.05, 0.1) is 25.0 Å². The van der Waals surface area contributed by atoms with Crippen molar-refractivity contribution in [1.82, 2.24) is 30.1 Å². The molecular weight excluding hydrogens is 340 g/mol. The Labute approximate surface area is 149 Å². The first-order valence-corrected chi connectivity index (χ1v) is 8.82. The number of aromatic nitrogens is 5. The number of hydrogen-bond acceptors (Lipinski definition) is 6. The van der Waals surface area contributed by atoms with Crippen molar-refractivity contribution in [3.63, 3.8) is 0 Å². The van der Waals surface area contributed by atoms with Crippen LogP contribution in [-0.4, -0.2) is 41.8 Å². The quantitative estimate of drug-likeness (QED) is 0.664. The van der Waals surface area contributed by atoms with Gasteiger partial charge in [-0.2, -0.15) is 5.10 Å². The molecule has 0 aromatic carbocycles. The molecule has 0 spiro atoms. The third-order valence-corrected chi connectivity index (χ3v) is 4.59. The number of carbonyl (C=O) groups excluding carboxylic acids is 1. The molecule has 25 heavy (non-hydrogen) atoms. The van der Waals surface area contributed by atoms with E-state index >= 15 is 0 Å². The molecule has 1 amide bonds. The summed E-state index contributed by atoms with van der Waals surface area (Å²) < 4.78 is 3.26. The number of aliphatic hydroxyl groups is 1. The molecule has 2 atom stereocenters. The first-order valence-electron chi connectivity index (χ1n) is 7.94. The predicted molar refractivity (Wildman–Crippen MR) is 93.2 cm³/mol. The lowest BCUT2D eigenvalue weighted by Gasteiger charge is -2.12. The minimum Gasteiger partial charge on any atom is -0.386 e. The molecule has 0 radical (unpaired) electrons. The third-order valence-electron chi connectivity index (χ3n) is 3.62. The van der Waals surface area contributed by atoms with Gasteiger partial charge >= 0.3 is 0 Å². The molecule has 0 fully saturated rings. The van der Waals surface area contributed by atoms with Gasteiger partial charge in [0, 0.05) is 17.1 Å². The van der Waals surface area contributed by atoms with Crippen LogP contribution >= 0.6 is 11.3 Å². The average molecular weight is 360 g/mol. The van der Waals surface area contributed by atoms with Crippen molar-refractivity contribution in [2.75, 3.05) is 0 Å². The number of carbonyl (C=O) groups is 1. The molecule has 0 saturated heterocycles. The smallest absolute Gasteiger partial charge is 0.273 e. The molecule has 0 bridgehead atoms. The Morgan fingerprint density at radius 1 is 1.36 bits per heavy atom. The summed E-state index contributed by atoms with van der Waals surface area (Å²) in [5, 5.41) is 27.0. The van der Waals surface area contributed by atoms with Crippen LogP contribution < -0.4 is 5.32 Å². The zero-order valence-electron chi connectivity index (χ0n) is 14.0. The molecule has 0 aliphatic rings. The molecule has 2 N–H and O–H groups in total. The van der Waals surface area contributed by atoms with Crippen molar-refractivity contribution < 1.29 is 9.90 Å². The van der Waals surface area contributed by atoms with Gasteiger partial charge < -0.3 is 10.4 Å². The molecule has 0 saturated carbocycles. The van der Waals surface area contributed by atoms with Crippen LogP contribution in [0.15, 0.2) is 36.0 Å². The predicted octanol–water partition coefficient (Wildman–Crippen LogP) is 1.40. The van der Waals surface area contributed by atoms with E-state index < -0.39 is 6.10 Å². The Balaban J connectivity index is 1.55. The summed E-state index contributed by atoms with van der Waals surface area (Å²) in [5.41, 5.74) is 1.16. The molecule has 3 aromatic rings. The van der Waals surface area contributed by atoms with Gasteiger partial charge in [0.2, 0.25) is 0 Å². The van der Waals surface area contributed by atoms with Gasteiger partial charge in [-0.3, -0.25) is 9.48 Å². The molecule has 0 unspecified atom stereocenters. The van der Waals surface area contributed by atoms with Crippen molar-refractivity contribution in [3.8, 4) is 0 Å². The molecule has 8 nitrogen and oxygen atoms in total. The maximum absolute atomic E-state index is 12.3. The highest BCUT2D eigenvalue weighted by molar-refractivity contribution is 7.10. The van der Waals surface area contributed by atoms with Gasteiger partial charge in [-0.1, -0.05) is 11.3 Å². The summed E-state index contributed by atoms with van der Waals surface area (Å²) in [7, 11) is 0. The minimum absolute atomic E-state index is 0.103. The molecule has 132 valence electrons. The summed E-state index contributed by atoms with van der Waals surface area (Å²) in [6.45, 7) is 4.65. The molecule has 3 heterocycles. The lowest BCUT2D eigenvalue weighted by atomic mass is 10.3. The van der Waals surface area contributed by atoms with Crippen molar-refractivity contribution in [1.29, 1.82) is 0 Å². The topological polar surface area (TPSA) is 97.9 Å². The van der Waals surface area contributed by atoms with E-state index in [0.717, 1.165) is 10.6 Å². The number of thiophene rings is 1. The fourth-order valence-corrected chi connectivity index (χ4v) is 3.13. The standard InChI is InChI=1S/C16H20N6O2S/c1-11-5-6-21(19-11)8-12(2)17-16(24)13-9-22(20-18-13)10-14(23)15-4-3-7-25-15/h3-7,9,12,14,23H,8,10H2,1-2H3,(H,17,24)/t12-,14+/m0/s1. The molecule has 3 aromatic heterocycles. The average Bonchev–Trinajstić information content (AvgIpc) is 3.28. The molecular formula is C16H20N6O2S. The number of nitrogens with zero attached hydrogens (tertiary/aromatic N) is 5. The summed E-state index contributed by atoms with van der Waals surface area (Å²) in [5.74, 6) is -0.298. The number of nitrogens with one attached hydrogen (secondary N) is 1. The Hall–Kier alpha value is -2.52. The summed E-state index contributed by atoms with van der Waals surface area (Å²) >= 11 is 1.48. The Morgan fingerprint density at radius 3 is 2.88 bits per heavy atom. The van der Waals surface area contributed by atoms with Gasteiger partial charge in [0.15, 0.2) is 5.69 Å². The van der Waals surface area contributed by atoms with Crippen LogP contribution in [0.3, 0.4) is 0 Å². The largest absolute Gasteiger partial charge is 0.386 e. The summed E-state index contributed by atoms with van der Waals surface area (Å²) in [6, 6.07) is 5.55. The minimum atomic E-state index is -0.667. The maximum atomic E-state index is 12.3. The summed E-state index contributed by atoms with van der Waals surface area (Å²) in [6.07, 6.45) is 2.75. The highest BCUT2D eigenvalue weighted by Gasteiger charge is 2.16. The first kappa shape index (κ1) is 17.3. The second kappa shape index (κ2) is 7.58. The zero-order chi connectivity index (χ0) is 17.8. The third kappa shape index (κ3) is 4.52. The Kier molecular flexibility index (Phi) is 5.25. The first-order chi connectivity index (χ1) is 12.0. The van der Waals surface area contributed by atoms with Gasteiger partial charge in [-0.25, -0.2) is 4.68 Å². The van der Waals surface area contributed by atoms with Crippen LogP contribution in [0.25, 0.3) is 0 Å². The van der Waals surface area contributed by atoms with Crippen LogP contribution in [0.1, 0.15) is 34.1 Å². The SMILES string of the molecule is Cc1ccn(C[C@H](C)NC(=O)c2cn(C[C@@H](O)c3cccs3)nn2)n1. The van der Waals surface area contributed by atoms with Crippen molar-refractivity contribution in [2.24, 2.45) is 0 Å². The van der Waals surface area contributed by atoms with E-state index in [4.69, 9.17) is 0 Å². The Morgan fingerprint density at radius 2 is 2.20 bits per heavy atom. The van der Waals surface area contributed by atoms with E-state index in [0.29, 0.717) is 6.54 Å². The number of amides is 1. The summed E-state index contributed by atoms with van der Waals surface area (Å²) in [4.78, 5) is 13.1. The van der Waals surface area contributed by atoms with Crippen molar-refractivity contribution in [3.05, 3.63) is 52.2 Å². The second-order valence-corrected chi connectivity index (χ2v) is 6.89. The molecule has 0 aliphatic heterocycles. The van der Waals surface area contributed by atoms with Crippen molar-refractivity contribution >= 4 is 17.2 Å². The second-order valence-electron chi connectivity index (χ2n) is 5.91. The number of aliphatic hydroxyl groups excluding tert-OH is 1. The van der Waals surface area contributed by atoms with Crippen LogP contribution in [0, 0.1) is 6.92 Å². The number of aryl methyl sites for hydroxylation is 1. The van der Waals surface area contributed by atoms with Gasteiger partial charge in [0.25, 0.3) is 5.91 Å². The Bertz CT molecular complexity index is 825. The molecule has 0 aliphatic carbocycles. The van der Waals surface area contributed by atoms with E-state index in [9.17, 15) is 9.90 Å². The van der Waals surface area contributed by atoms with Crippen LogP contribution in [-0.2, 0) is 13.1 Å². The zero-order valence-corrected chi connectivity index (χ0v) is 14.8. The lowest BCUT2D eigenvalue weighted by molar-refractivity contribution is 0.0930. The van der Waals surface area contributed by atoms with Gasteiger partial charge in [0.1, 0.15) is 6.10 Å². The maximum Gasteiger partial charge on any atom is 0.273 e. The van der Waals surface area contributed by atoms with E-state index in [-0.39, 0.29) is 24.2 Å². The lowest BCUT2D eigenvalue weighted by Crippen LogP contribution is -2.36. The van der Waals surface area contributed by atoms with Crippen LogP contribution in [0.2, 0.25) is 0 Å². The normalized spacial score (nSPS) is 13.6. The number of rotatable bonds is 7. The molecule has 3 rings (SSSR count). The van der Waals surface area contributed by atoms with Gasteiger partial charge in [-0.05, 0) is 31.4 Å². The highest BCUT2D eigenvalue weighted by Crippen LogP contribution is 2.19. The van der Waals surface area contributed by atoms with Gasteiger partial charge in [-0.15, -0.1) is 16.4 Å². The fourth-order valence-electron chi connectivity index (χ4n) is 2.43. The van der Waals surface area contributed by atoms with E-state index in [2.05, 4.69) is 20.7 Å². The number of hydrogen-bond donors (Lipinski definition) is 2. The van der Waals surface area contributed by atoms with Crippen molar-refractivity contribution in [2.45, 2.75) is 39.1 Å².